The molecule has 0 spiro atoms. The molecule has 2 aromatic carbocycles. The van der Waals surface area contributed by atoms with Gasteiger partial charge < -0.3 is 9.47 Å². The van der Waals surface area contributed by atoms with Crippen LogP contribution in [0.3, 0.4) is 0 Å². The Kier molecular flexibility index (Phi) is 14.5. The number of carbonyl (C=O) groups excluding carboxylic acids is 1. The summed E-state index contributed by atoms with van der Waals surface area (Å²) < 4.78 is 11.4. The lowest BCUT2D eigenvalue weighted by molar-refractivity contribution is 0.0734. The molecule has 0 N–H and O–H groups in total. The Morgan fingerprint density at radius 2 is 1.33 bits per heavy atom. The molecule has 0 amide bonds. The Balaban J connectivity index is 1.42. The number of benzene rings is 2. The minimum Gasteiger partial charge on any atom is -0.494 e. The van der Waals surface area contributed by atoms with Crippen LogP contribution in [0, 0.1) is 0 Å². The lowest BCUT2D eigenvalue weighted by Crippen LogP contribution is -2.08. The molecule has 1 aromatic heterocycles. The van der Waals surface area contributed by atoms with Crippen molar-refractivity contribution in [3.05, 3.63) is 66.4 Å². The highest BCUT2D eigenvalue weighted by Crippen LogP contribution is 2.24. The first kappa shape index (κ1) is 30.7. The van der Waals surface area contributed by atoms with Crippen LogP contribution in [-0.4, -0.2) is 28.3 Å². The zero-order valence-electron chi connectivity index (χ0n) is 23.7. The fourth-order valence-electron chi connectivity index (χ4n) is 4.24. The highest BCUT2D eigenvalue weighted by Gasteiger charge is 2.10. The molecule has 0 fully saturated rings. The van der Waals surface area contributed by atoms with Gasteiger partial charge in [0, 0.05) is 17.5 Å². The summed E-state index contributed by atoms with van der Waals surface area (Å²) in [5.41, 5.74) is 2.32. The topological polar surface area (TPSA) is 61.3 Å². The van der Waals surface area contributed by atoms with E-state index in [1.165, 1.54) is 70.6 Å². The molecule has 0 aliphatic rings. The fourth-order valence-corrected chi connectivity index (χ4v) is 5.07. The number of ether oxygens (including phenoxy) is 2. The smallest absolute Gasteiger partial charge is 0.343 e. The first-order valence-corrected chi connectivity index (χ1v) is 15.7. The molecule has 1 heterocycles. The molecule has 3 aromatic rings. The molecule has 0 atom stereocenters. The minimum absolute atomic E-state index is 0.388. The van der Waals surface area contributed by atoms with Crippen molar-refractivity contribution in [2.75, 3.05) is 12.4 Å². The summed E-state index contributed by atoms with van der Waals surface area (Å²) in [6, 6.07) is 16.5. The van der Waals surface area contributed by atoms with E-state index in [-0.39, 0.29) is 5.97 Å². The number of esters is 1. The number of hydrogen-bond donors (Lipinski definition) is 0. The molecule has 39 heavy (non-hydrogen) atoms. The molecule has 5 nitrogen and oxygen atoms in total. The van der Waals surface area contributed by atoms with Crippen LogP contribution >= 0.6 is 11.8 Å². The van der Waals surface area contributed by atoms with Crippen molar-refractivity contribution in [2.24, 2.45) is 0 Å². The number of nitrogens with zero attached hydrogens (tertiary/aromatic N) is 2. The van der Waals surface area contributed by atoms with Gasteiger partial charge >= 0.3 is 5.97 Å². The van der Waals surface area contributed by atoms with Crippen molar-refractivity contribution in [3.63, 3.8) is 0 Å². The van der Waals surface area contributed by atoms with E-state index >= 15 is 0 Å². The van der Waals surface area contributed by atoms with Crippen LogP contribution in [0.2, 0.25) is 0 Å². The number of aromatic nitrogens is 2. The highest BCUT2D eigenvalue weighted by atomic mass is 32.2. The summed E-state index contributed by atoms with van der Waals surface area (Å²) in [4.78, 5) is 21.8. The minimum atomic E-state index is -0.388. The second-order valence-electron chi connectivity index (χ2n) is 9.90. The Hall–Kier alpha value is -2.86. The summed E-state index contributed by atoms with van der Waals surface area (Å²) in [6.45, 7) is 5.17. The van der Waals surface area contributed by atoms with Gasteiger partial charge in [-0.25, -0.2) is 14.8 Å². The predicted molar refractivity (Wildman–Crippen MR) is 162 cm³/mol. The quantitative estimate of drug-likeness (QED) is 0.0489. The second kappa shape index (κ2) is 18.4. The molecular weight excluding hydrogens is 504 g/mol. The molecular formula is C33H44N2O3S. The largest absolute Gasteiger partial charge is 0.494 e. The van der Waals surface area contributed by atoms with E-state index in [9.17, 15) is 4.79 Å². The first-order valence-electron chi connectivity index (χ1n) is 14.7. The van der Waals surface area contributed by atoms with E-state index in [0.717, 1.165) is 34.3 Å². The Labute approximate surface area is 239 Å². The number of carbonyl (C=O) groups is 1. The molecule has 0 bridgehead atoms. The van der Waals surface area contributed by atoms with Crippen LogP contribution in [0.4, 0.5) is 0 Å². The van der Waals surface area contributed by atoms with Gasteiger partial charge in [0.25, 0.3) is 0 Å². The van der Waals surface area contributed by atoms with Crippen LogP contribution in [0.1, 0.15) is 101 Å². The van der Waals surface area contributed by atoms with Crippen molar-refractivity contribution < 1.29 is 14.3 Å². The van der Waals surface area contributed by atoms with Crippen molar-refractivity contribution in [1.82, 2.24) is 9.97 Å². The highest BCUT2D eigenvalue weighted by molar-refractivity contribution is 7.99. The van der Waals surface area contributed by atoms with E-state index in [1.807, 2.05) is 30.3 Å². The zero-order valence-corrected chi connectivity index (χ0v) is 24.5. The van der Waals surface area contributed by atoms with Gasteiger partial charge in [0.15, 0.2) is 5.16 Å². The van der Waals surface area contributed by atoms with Gasteiger partial charge in [-0.05, 0) is 67.4 Å². The molecule has 0 radical (unpaired) electrons. The molecule has 210 valence electrons. The summed E-state index contributed by atoms with van der Waals surface area (Å²) >= 11 is 1.71. The Morgan fingerprint density at radius 3 is 2.03 bits per heavy atom. The van der Waals surface area contributed by atoms with Crippen LogP contribution in [0.25, 0.3) is 11.3 Å². The Bertz CT molecular complexity index is 1090. The van der Waals surface area contributed by atoms with Gasteiger partial charge in [0.2, 0.25) is 0 Å². The van der Waals surface area contributed by atoms with E-state index in [1.54, 1.807) is 42.2 Å². The van der Waals surface area contributed by atoms with Crippen LogP contribution in [0.15, 0.2) is 66.0 Å². The van der Waals surface area contributed by atoms with Gasteiger partial charge in [-0.3, -0.25) is 0 Å². The van der Waals surface area contributed by atoms with Gasteiger partial charge in [0.1, 0.15) is 11.5 Å². The molecule has 0 saturated carbocycles. The summed E-state index contributed by atoms with van der Waals surface area (Å²) in [7, 11) is 0. The normalized spacial score (nSPS) is 10.9. The Morgan fingerprint density at radius 1 is 0.718 bits per heavy atom. The van der Waals surface area contributed by atoms with E-state index in [0.29, 0.717) is 17.9 Å². The van der Waals surface area contributed by atoms with Crippen molar-refractivity contribution in [2.45, 2.75) is 96.1 Å². The molecule has 0 saturated heterocycles. The number of rotatable bonds is 19. The predicted octanol–water partition coefficient (Wildman–Crippen LogP) is 9.55. The third-order valence-electron chi connectivity index (χ3n) is 6.58. The number of unbranched alkanes of at least 4 members (excludes halogenated alkanes) is 10. The van der Waals surface area contributed by atoms with Crippen LogP contribution in [-0.2, 0) is 0 Å². The maximum Gasteiger partial charge on any atom is 0.343 e. The summed E-state index contributed by atoms with van der Waals surface area (Å²) in [6.07, 6.45) is 16.9. The lowest BCUT2D eigenvalue weighted by Gasteiger charge is -2.08. The SMILES string of the molecule is CCCCCCCCOc1ccc(C(=O)Oc2ccc(-c3ccnc(SCCCCCCCC)n3)cc2)cc1. The molecule has 0 unspecified atom stereocenters. The summed E-state index contributed by atoms with van der Waals surface area (Å²) in [5.74, 6) is 1.93. The third-order valence-corrected chi connectivity index (χ3v) is 7.53. The van der Waals surface area contributed by atoms with Crippen molar-refractivity contribution in [3.8, 4) is 22.8 Å². The fraction of sp³-hybridized carbons (Fsp3) is 0.485. The van der Waals surface area contributed by atoms with Crippen LogP contribution in [0.5, 0.6) is 11.5 Å². The van der Waals surface area contributed by atoms with E-state index in [4.69, 9.17) is 14.5 Å². The number of thioether (sulfide) groups is 1. The van der Waals surface area contributed by atoms with Crippen molar-refractivity contribution >= 4 is 17.7 Å². The van der Waals surface area contributed by atoms with E-state index < -0.39 is 0 Å². The van der Waals surface area contributed by atoms with Gasteiger partial charge in [-0.15, -0.1) is 0 Å². The van der Waals surface area contributed by atoms with E-state index in [2.05, 4.69) is 18.8 Å². The standard InChI is InChI=1S/C33H44N2O3S/c1-3-5-7-9-11-13-25-37-29-19-17-28(18-20-29)32(36)38-30-21-15-27(16-22-30)31-23-24-34-33(35-31)39-26-14-12-10-8-6-4-2/h15-24H,3-14,25-26H2,1-2H3. The summed E-state index contributed by atoms with van der Waals surface area (Å²) in [5, 5.41) is 0.802. The molecule has 6 heteroatoms. The molecule has 3 rings (SSSR count). The molecule has 0 aliphatic heterocycles. The average Bonchev–Trinajstić information content (AvgIpc) is 2.97. The second-order valence-corrected chi connectivity index (χ2v) is 11.0. The maximum absolute atomic E-state index is 12.6. The van der Waals surface area contributed by atoms with Crippen molar-refractivity contribution in [1.29, 1.82) is 0 Å². The van der Waals surface area contributed by atoms with Gasteiger partial charge in [-0.1, -0.05) is 89.8 Å². The average molecular weight is 549 g/mol. The third kappa shape index (κ3) is 11.8. The first-order chi connectivity index (χ1) is 19.2. The monoisotopic (exact) mass is 548 g/mol. The number of hydrogen-bond acceptors (Lipinski definition) is 6. The maximum atomic E-state index is 12.6. The zero-order chi connectivity index (χ0) is 27.5. The van der Waals surface area contributed by atoms with Crippen LogP contribution < -0.4 is 9.47 Å². The van der Waals surface area contributed by atoms with Gasteiger partial charge in [0.05, 0.1) is 17.9 Å². The lowest BCUT2D eigenvalue weighted by atomic mass is 10.1. The van der Waals surface area contributed by atoms with Gasteiger partial charge in [-0.2, -0.15) is 0 Å². The molecule has 0 aliphatic carbocycles.